The van der Waals surface area contributed by atoms with Gasteiger partial charge >= 0.3 is 0 Å². The maximum Gasteiger partial charge on any atom is 0.248 e. The van der Waals surface area contributed by atoms with Crippen molar-refractivity contribution in [3.63, 3.8) is 0 Å². The summed E-state index contributed by atoms with van der Waals surface area (Å²) in [7, 11) is -3.66. The number of pyridine rings is 1. The van der Waals surface area contributed by atoms with E-state index in [0.717, 1.165) is 6.42 Å². The molecule has 1 amide bonds. The number of hydrogen-bond donors (Lipinski definition) is 2. The summed E-state index contributed by atoms with van der Waals surface area (Å²) in [6.07, 6.45) is 1.76. The van der Waals surface area contributed by atoms with Gasteiger partial charge < -0.3 is 10.3 Å². The molecule has 2 N–H and O–H groups in total. The van der Waals surface area contributed by atoms with Crippen LogP contribution in [0.1, 0.15) is 24.0 Å². The predicted molar refractivity (Wildman–Crippen MR) is 124 cm³/mol. The summed E-state index contributed by atoms with van der Waals surface area (Å²) in [5, 5.41) is 3.65. The minimum atomic E-state index is -3.66. The van der Waals surface area contributed by atoms with Crippen molar-refractivity contribution in [3.05, 3.63) is 76.1 Å². The van der Waals surface area contributed by atoms with Crippen molar-refractivity contribution in [2.75, 3.05) is 19.6 Å². The largest absolute Gasteiger partial charge is 0.356 e. The highest BCUT2D eigenvalue weighted by molar-refractivity contribution is 7.89. The van der Waals surface area contributed by atoms with Gasteiger partial charge in [-0.3, -0.25) is 9.59 Å². The van der Waals surface area contributed by atoms with Gasteiger partial charge in [-0.05, 0) is 61.4 Å². The minimum absolute atomic E-state index is 0.0104. The van der Waals surface area contributed by atoms with Gasteiger partial charge in [0.2, 0.25) is 21.5 Å². The number of aromatic amines is 1. The Bertz CT molecular complexity index is 1270. The van der Waals surface area contributed by atoms with Gasteiger partial charge in [0.25, 0.3) is 0 Å². The van der Waals surface area contributed by atoms with Gasteiger partial charge in [-0.15, -0.1) is 0 Å². The Labute approximate surface area is 187 Å². The molecule has 0 radical (unpaired) electrons. The van der Waals surface area contributed by atoms with Crippen LogP contribution in [0.3, 0.4) is 0 Å². The SMILES string of the molecule is Cc1ccc(CCNC(=O)C2CCN(S(=O)(=O)c3ccc4[nH]c(=O)ccc4c3)CC2)cc1. The van der Waals surface area contributed by atoms with E-state index in [0.29, 0.717) is 43.4 Å². The minimum Gasteiger partial charge on any atom is -0.356 e. The van der Waals surface area contributed by atoms with Gasteiger partial charge in [0.05, 0.1) is 4.90 Å². The monoisotopic (exact) mass is 453 g/mol. The second kappa shape index (κ2) is 9.26. The van der Waals surface area contributed by atoms with E-state index in [1.165, 1.54) is 27.6 Å². The number of carbonyl (C=O) groups excluding carboxylic acids is 1. The number of carbonyl (C=O) groups is 1. The van der Waals surface area contributed by atoms with Gasteiger partial charge in [0, 0.05) is 37.1 Å². The molecule has 168 valence electrons. The van der Waals surface area contributed by atoms with Crippen LogP contribution in [0.4, 0.5) is 0 Å². The highest BCUT2D eigenvalue weighted by atomic mass is 32.2. The highest BCUT2D eigenvalue weighted by Crippen LogP contribution is 2.25. The molecular formula is C24H27N3O4S. The first kappa shape index (κ1) is 22.2. The summed E-state index contributed by atoms with van der Waals surface area (Å²) in [6, 6.07) is 15.9. The molecule has 0 bridgehead atoms. The number of aromatic nitrogens is 1. The number of sulfonamides is 1. The van der Waals surface area contributed by atoms with Crippen LogP contribution in [0.2, 0.25) is 0 Å². The third-order valence-corrected chi connectivity index (χ3v) is 7.89. The average molecular weight is 454 g/mol. The Morgan fingerprint density at radius 3 is 2.50 bits per heavy atom. The van der Waals surface area contributed by atoms with Gasteiger partial charge in [0.1, 0.15) is 0 Å². The summed E-state index contributed by atoms with van der Waals surface area (Å²) in [4.78, 5) is 26.8. The van der Waals surface area contributed by atoms with Crippen molar-refractivity contribution >= 4 is 26.8 Å². The van der Waals surface area contributed by atoms with E-state index < -0.39 is 10.0 Å². The number of benzene rings is 2. The first-order valence-corrected chi connectivity index (χ1v) is 12.2. The molecule has 2 heterocycles. The van der Waals surface area contributed by atoms with E-state index in [2.05, 4.69) is 34.6 Å². The lowest BCUT2D eigenvalue weighted by molar-refractivity contribution is -0.126. The molecule has 1 aromatic heterocycles. The fourth-order valence-corrected chi connectivity index (χ4v) is 5.53. The second-order valence-corrected chi connectivity index (χ2v) is 10.2. The van der Waals surface area contributed by atoms with E-state index >= 15 is 0 Å². The standard InChI is InChI=1S/C24H27N3O4S/c1-17-2-4-18(5-3-17)10-13-25-24(29)19-11-14-27(15-12-19)32(30,31)21-7-8-22-20(16-21)6-9-23(28)26-22/h2-9,16,19H,10-15H2,1H3,(H,25,29)(H,26,28). The van der Waals surface area contributed by atoms with E-state index in [4.69, 9.17) is 0 Å². The molecule has 0 atom stereocenters. The number of nitrogens with zero attached hydrogens (tertiary/aromatic N) is 1. The summed E-state index contributed by atoms with van der Waals surface area (Å²) in [5.74, 6) is -0.190. The fourth-order valence-electron chi connectivity index (χ4n) is 4.03. The average Bonchev–Trinajstić information content (AvgIpc) is 2.80. The zero-order valence-electron chi connectivity index (χ0n) is 18.0. The maximum atomic E-state index is 13.1. The van der Waals surface area contributed by atoms with E-state index in [1.807, 2.05) is 6.92 Å². The summed E-state index contributed by atoms with van der Waals surface area (Å²) >= 11 is 0. The second-order valence-electron chi connectivity index (χ2n) is 8.28. The van der Waals surface area contributed by atoms with Crippen molar-refractivity contribution in [1.29, 1.82) is 0 Å². The Morgan fingerprint density at radius 1 is 1.06 bits per heavy atom. The zero-order chi connectivity index (χ0) is 22.7. The summed E-state index contributed by atoms with van der Waals surface area (Å²) in [5.41, 5.74) is 2.75. The smallest absolute Gasteiger partial charge is 0.248 e. The predicted octanol–water partition coefficient (Wildman–Crippen LogP) is 2.60. The van der Waals surface area contributed by atoms with Crippen molar-refractivity contribution < 1.29 is 13.2 Å². The number of piperidine rings is 1. The third-order valence-electron chi connectivity index (χ3n) is 5.99. The first-order valence-electron chi connectivity index (χ1n) is 10.8. The Balaban J connectivity index is 1.33. The van der Waals surface area contributed by atoms with Crippen molar-refractivity contribution in [3.8, 4) is 0 Å². The quantitative estimate of drug-likeness (QED) is 0.599. The Morgan fingerprint density at radius 2 is 1.78 bits per heavy atom. The molecule has 0 unspecified atom stereocenters. The number of fused-ring (bicyclic) bond motifs is 1. The number of rotatable bonds is 6. The van der Waals surface area contributed by atoms with Crippen LogP contribution in [0.25, 0.3) is 10.9 Å². The van der Waals surface area contributed by atoms with E-state index in [-0.39, 0.29) is 22.3 Å². The molecule has 8 heteroatoms. The van der Waals surface area contributed by atoms with Crippen molar-refractivity contribution in [1.82, 2.24) is 14.6 Å². The molecule has 1 saturated heterocycles. The lowest BCUT2D eigenvalue weighted by Gasteiger charge is -2.30. The molecule has 0 spiro atoms. The van der Waals surface area contributed by atoms with Gasteiger partial charge in [-0.25, -0.2) is 8.42 Å². The number of aryl methyl sites for hydroxylation is 1. The van der Waals surface area contributed by atoms with Crippen LogP contribution in [0, 0.1) is 12.8 Å². The Kier molecular flexibility index (Phi) is 6.43. The lowest BCUT2D eigenvalue weighted by atomic mass is 9.97. The van der Waals surface area contributed by atoms with Crippen LogP contribution in [0.15, 0.2) is 64.3 Å². The topological polar surface area (TPSA) is 99.3 Å². The van der Waals surface area contributed by atoms with Crippen molar-refractivity contribution in [2.24, 2.45) is 5.92 Å². The summed E-state index contributed by atoms with van der Waals surface area (Å²) in [6.45, 7) is 3.23. The highest BCUT2D eigenvalue weighted by Gasteiger charge is 2.32. The van der Waals surface area contributed by atoms with Gasteiger partial charge in [0.15, 0.2) is 0 Å². The third kappa shape index (κ3) is 4.92. The lowest BCUT2D eigenvalue weighted by Crippen LogP contribution is -2.43. The van der Waals surface area contributed by atoms with Crippen LogP contribution < -0.4 is 10.9 Å². The van der Waals surface area contributed by atoms with Crippen LogP contribution in [-0.4, -0.2) is 43.2 Å². The summed E-state index contributed by atoms with van der Waals surface area (Å²) < 4.78 is 27.6. The number of H-pyrrole nitrogens is 1. The molecule has 4 rings (SSSR count). The fraction of sp³-hybridized carbons (Fsp3) is 0.333. The van der Waals surface area contributed by atoms with Gasteiger partial charge in [-0.1, -0.05) is 29.8 Å². The van der Waals surface area contributed by atoms with Crippen LogP contribution in [0.5, 0.6) is 0 Å². The molecular weight excluding hydrogens is 426 g/mol. The molecule has 7 nitrogen and oxygen atoms in total. The molecule has 0 aliphatic carbocycles. The van der Waals surface area contributed by atoms with E-state index in [9.17, 15) is 18.0 Å². The molecule has 3 aromatic rings. The molecule has 1 fully saturated rings. The number of nitrogens with one attached hydrogen (secondary N) is 2. The molecule has 32 heavy (non-hydrogen) atoms. The molecule has 0 saturated carbocycles. The Hall–Kier alpha value is -2.97. The first-order chi connectivity index (χ1) is 15.3. The zero-order valence-corrected chi connectivity index (χ0v) is 18.8. The number of amides is 1. The van der Waals surface area contributed by atoms with Crippen LogP contribution >= 0.6 is 0 Å². The number of hydrogen-bond acceptors (Lipinski definition) is 4. The maximum absolute atomic E-state index is 13.1. The normalized spacial score (nSPS) is 15.7. The van der Waals surface area contributed by atoms with E-state index in [1.54, 1.807) is 18.2 Å². The molecule has 2 aromatic carbocycles. The van der Waals surface area contributed by atoms with Crippen molar-refractivity contribution in [2.45, 2.75) is 31.1 Å². The van der Waals surface area contributed by atoms with Gasteiger partial charge in [-0.2, -0.15) is 4.31 Å². The van der Waals surface area contributed by atoms with Crippen LogP contribution in [-0.2, 0) is 21.2 Å². The molecule has 1 aliphatic heterocycles. The molecule has 1 aliphatic rings.